The van der Waals surface area contributed by atoms with Crippen LogP contribution in [0.1, 0.15) is 10.4 Å². The van der Waals surface area contributed by atoms with E-state index < -0.39 is 0 Å². The van der Waals surface area contributed by atoms with E-state index in [1.807, 2.05) is 31.2 Å². The average Bonchev–Trinajstić information content (AvgIpc) is 2.99. The number of aryl methyl sites for hydroxylation is 1. The van der Waals surface area contributed by atoms with Gasteiger partial charge in [-0.3, -0.25) is 9.55 Å². The zero-order valence-corrected chi connectivity index (χ0v) is 12.1. The van der Waals surface area contributed by atoms with E-state index >= 15 is 0 Å². The van der Waals surface area contributed by atoms with Crippen molar-refractivity contribution in [3.8, 4) is 10.7 Å². The van der Waals surface area contributed by atoms with Crippen LogP contribution in [0.25, 0.3) is 10.7 Å². The molecular formula is C14H14N4OS. The van der Waals surface area contributed by atoms with E-state index in [0.717, 1.165) is 10.4 Å². The molecule has 3 rings (SSSR count). The van der Waals surface area contributed by atoms with Crippen LogP contribution in [-0.4, -0.2) is 19.3 Å². The summed E-state index contributed by atoms with van der Waals surface area (Å²) in [6, 6.07) is 7.82. The molecule has 0 spiro atoms. The third-order valence-corrected chi connectivity index (χ3v) is 4.05. The molecule has 3 aromatic rings. The van der Waals surface area contributed by atoms with Gasteiger partial charge in [-0.1, -0.05) is 6.07 Å². The summed E-state index contributed by atoms with van der Waals surface area (Å²) in [5.74, 6) is 0.706. The molecule has 0 saturated carbocycles. The highest BCUT2D eigenvalue weighted by atomic mass is 32.1. The minimum absolute atomic E-state index is 0.116. The quantitative estimate of drug-likeness (QED) is 0.740. The highest BCUT2D eigenvalue weighted by Crippen LogP contribution is 2.24. The summed E-state index contributed by atoms with van der Waals surface area (Å²) >= 11 is 1.64. The smallest absolute Gasteiger partial charge is 0.277 e. The van der Waals surface area contributed by atoms with Crippen molar-refractivity contribution in [3.63, 3.8) is 0 Å². The van der Waals surface area contributed by atoms with Crippen LogP contribution in [0.5, 0.6) is 0 Å². The van der Waals surface area contributed by atoms with Gasteiger partial charge in [0.05, 0.1) is 11.4 Å². The molecule has 0 bridgehead atoms. The van der Waals surface area contributed by atoms with Crippen molar-refractivity contribution in [1.29, 1.82) is 0 Å². The van der Waals surface area contributed by atoms with Gasteiger partial charge in [0.2, 0.25) is 0 Å². The Bertz CT molecular complexity index is 785. The van der Waals surface area contributed by atoms with Gasteiger partial charge in [-0.2, -0.15) is 0 Å². The summed E-state index contributed by atoms with van der Waals surface area (Å²) < 4.78 is 3.06. The van der Waals surface area contributed by atoms with Gasteiger partial charge in [-0.25, -0.2) is 9.48 Å². The van der Waals surface area contributed by atoms with Crippen molar-refractivity contribution >= 4 is 11.3 Å². The summed E-state index contributed by atoms with van der Waals surface area (Å²) in [5, 5.41) is 4.44. The van der Waals surface area contributed by atoms with Crippen LogP contribution < -0.4 is 5.69 Å². The van der Waals surface area contributed by atoms with E-state index in [9.17, 15) is 4.79 Å². The Hall–Kier alpha value is -2.21. The fourth-order valence-electron chi connectivity index (χ4n) is 2.02. The van der Waals surface area contributed by atoms with Gasteiger partial charge in [0, 0.05) is 24.3 Å². The van der Waals surface area contributed by atoms with Crippen LogP contribution >= 0.6 is 11.3 Å². The van der Waals surface area contributed by atoms with Gasteiger partial charge in [-0.05, 0) is 30.7 Å². The second kappa shape index (κ2) is 5.05. The zero-order valence-electron chi connectivity index (χ0n) is 11.3. The lowest BCUT2D eigenvalue weighted by Gasteiger charge is -1.98. The number of nitrogens with zero attached hydrogens (tertiary/aromatic N) is 4. The Balaban J connectivity index is 2.00. The molecule has 0 fully saturated rings. The predicted octanol–water partition coefficient (Wildman–Crippen LogP) is 2.06. The maximum atomic E-state index is 12.2. The van der Waals surface area contributed by atoms with Gasteiger partial charge in [0.25, 0.3) is 0 Å². The largest absolute Gasteiger partial charge is 0.346 e. The standard InChI is InChI=1S/C14H14N4OS/c1-10-5-6-12(20-10)13-16-18(14(19)17(13)2)9-11-4-3-7-15-8-11/h3-8H,9H2,1-2H3. The van der Waals surface area contributed by atoms with Gasteiger partial charge in [0.1, 0.15) is 0 Å². The molecule has 0 amide bonds. The Morgan fingerprint density at radius 3 is 2.80 bits per heavy atom. The molecule has 102 valence electrons. The number of hydrogen-bond acceptors (Lipinski definition) is 4. The molecule has 0 saturated heterocycles. The van der Waals surface area contributed by atoms with E-state index in [2.05, 4.69) is 10.1 Å². The molecule has 0 aliphatic rings. The van der Waals surface area contributed by atoms with Crippen LogP contribution in [0.4, 0.5) is 0 Å². The maximum absolute atomic E-state index is 12.2. The maximum Gasteiger partial charge on any atom is 0.346 e. The monoisotopic (exact) mass is 286 g/mol. The second-order valence-corrected chi connectivity index (χ2v) is 5.88. The van der Waals surface area contributed by atoms with Crippen LogP contribution in [0.3, 0.4) is 0 Å². The second-order valence-electron chi connectivity index (χ2n) is 4.59. The van der Waals surface area contributed by atoms with Crippen molar-refractivity contribution in [3.05, 3.63) is 57.6 Å². The minimum Gasteiger partial charge on any atom is -0.277 e. The fourth-order valence-corrected chi connectivity index (χ4v) is 2.91. The number of hydrogen-bond donors (Lipinski definition) is 0. The van der Waals surface area contributed by atoms with Crippen molar-refractivity contribution < 1.29 is 0 Å². The topological polar surface area (TPSA) is 52.7 Å². The van der Waals surface area contributed by atoms with E-state index in [4.69, 9.17) is 0 Å². The van der Waals surface area contributed by atoms with E-state index in [-0.39, 0.29) is 5.69 Å². The predicted molar refractivity (Wildman–Crippen MR) is 78.9 cm³/mol. The summed E-state index contributed by atoms with van der Waals surface area (Å²) in [5.41, 5.74) is 0.844. The first kappa shape index (κ1) is 12.8. The lowest BCUT2D eigenvalue weighted by Crippen LogP contribution is -2.23. The summed E-state index contributed by atoms with van der Waals surface area (Å²) in [6.07, 6.45) is 3.46. The van der Waals surface area contributed by atoms with Gasteiger partial charge < -0.3 is 0 Å². The van der Waals surface area contributed by atoms with Crippen LogP contribution in [0, 0.1) is 6.92 Å². The zero-order chi connectivity index (χ0) is 14.1. The summed E-state index contributed by atoms with van der Waals surface area (Å²) in [6.45, 7) is 2.48. The Kier molecular flexibility index (Phi) is 3.23. The molecule has 0 N–H and O–H groups in total. The third-order valence-electron chi connectivity index (χ3n) is 3.06. The Labute approximate surface area is 120 Å². The Morgan fingerprint density at radius 2 is 2.15 bits per heavy atom. The van der Waals surface area contributed by atoms with Gasteiger partial charge in [-0.15, -0.1) is 16.4 Å². The molecule has 20 heavy (non-hydrogen) atoms. The number of aromatic nitrogens is 4. The molecule has 0 atom stereocenters. The molecule has 0 aromatic carbocycles. The Morgan fingerprint density at radius 1 is 1.30 bits per heavy atom. The third kappa shape index (κ3) is 2.30. The average molecular weight is 286 g/mol. The molecule has 5 nitrogen and oxygen atoms in total. The highest BCUT2D eigenvalue weighted by Gasteiger charge is 2.13. The van der Waals surface area contributed by atoms with Crippen LogP contribution in [0.2, 0.25) is 0 Å². The van der Waals surface area contributed by atoms with Gasteiger partial charge >= 0.3 is 5.69 Å². The van der Waals surface area contributed by atoms with E-state index in [0.29, 0.717) is 12.4 Å². The first-order valence-electron chi connectivity index (χ1n) is 6.24. The number of thiophene rings is 1. The summed E-state index contributed by atoms with van der Waals surface area (Å²) in [7, 11) is 1.75. The van der Waals surface area contributed by atoms with Crippen LogP contribution in [-0.2, 0) is 13.6 Å². The highest BCUT2D eigenvalue weighted by molar-refractivity contribution is 7.15. The first-order chi connectivity index (χ1) is 9.65. The molecule has 3 heterocycles. The fraction of sp³-hybridized carbons (Fsp3) is 0.214. The molecule has 3 aromatic heterocycles. The molecule has 0 radical (unpaired) electrons. The van der Waals surface area contributed by atoms with Crippen LogP contribution in [0.15, 0.2) is 41.5 Å². The SMILES string of the molecule is Cc1ccc(-c2nn(Cc3cccnc3)c(=O)n2C)s1. The van der Waals surface area contributed by atoms with E-state index in [1.165, 1.54) is 9.56 Å². The van der Waals surface area contributed by atoms with E-state index in [1.54, 1.807) is 35.3 Å². The molecule has 0 aliphatic carbocycles. The number of rotatable bonds is 3. The molecule has 6 heteroatoms. The van der Waals surface area contributed by atoms with Crippen molar-refractivity contribution in [1.82, 2.24) is 19.3 Å². The molecule has 0 unspecified atom stereocenters. The lowest BCUT2D eigenvalue weighted by molar-refractivity contribution is 0.645. The molecule has 0 aliphatic heterocycles. The van der Waals surface area contributed by atoms with Crippen molar-refractivity contribution in [2.75, 3.05) is 0 Å². The lowest BCUT2D eigenvalue weighted by atomic mass is 10.3. The number of pyridine rings is 1. The normalized spacial score (nSPS) is 10.9. The minimum atomic E-state index is -0.116. The van der Waals surface area contributed by atoms with Crippen molar-refractivity contribution in [2.45, 2.75) is 13.5 Å². The van der Waals surface area contributed by atoms with Crippen molar-refractivity contribution in [2.24, 2.45) is 7.05 Å². The molecular weight excluding hydrogens is 272 g/mol. The first-order valence-corrected chi connectivity index (χ1v) is 7.06. The van der Waals surface area contributed by atoms with Gasteiger partial charge in [0.15, 0.2) is 5.82 Å². The summed E-state index contributed by atoms with van der Waals surface area (Å²) in [4.78, 5) is 18.5.